The number of ether oxygens (including phenoxy) is 1. The maximum absolute atomic E-state index is 14.1. The Morgan fingerprint density at radius 2 is 1.63 bits per heavy atom. The SMILES string of the molecule is COc1ccc(-c2nnc3c4cc(F)ccc4n(Cc4cccc(F)c4)cc2-3)cc1. The van der Waals surface area contributed by atoms with Crippen LogP contribution < -0.4 is 4.74 Å². The van der Waals surface area contributed by atoms with Crippen LogP contribution >= 0.6 is 0 Å². The van der Waals surface area contributed by atoms with Crippen LogP contribution in [-0.2, 0) is 6.54 Å². The molecule has 2 heterocycles. The van der Waals surface area contributed by atoms with Crippen molar-refractivity contribution in [1.29, 1.82) is 0 Å². The molecule has 0 saturated heterocycles. The molecule has 0 fully saturated rings. The van der Waals surface area contributed by atoms with E-state index < -0.39 is 0 Å². The lowest BCUT2D eigenvalue weighted by atomic mass is 10.0. The molecule has 0 spiro atoms. The maximum Gasteiger partial charge on any atom is 0.124 e. The minimum Gasteiger partial charge on any atom is -0.497 e. The first kappa shape index (κ1) is 18.2. The smallest absolute Gasteiger partial charge is 0.124 e. The highest BCUT2D eigenvalue weighted by molar-refractivity contribution is 5.98. The zero-order chi connectivity index (χ0) is 20.7. The van der Waals surface area contributed by atoms with E-state index in [1.165, 1.54) is 24.3 Å². The summed E-state index contributed by atoms with van der Waals surface area (Å²) in [5.74, 6) is 0.109. The number of pyridine rings is 1. The van der Waals surface area contributed by atoms with Gasteiger partial charge in [-0.15, -0.1) is 10.2 Å². The van der Waals surface area contributed by atoms with Crippen LogP contribution in [0.25, 0.3) is 33.4 Å². The molecule has 4 nitrogen and oxygen atoms in total. The first-order valence-electron chi connectivity index (χ1n) is 9.46. The van der Waals surface area contributed by atoms with Gasteiger partial charge < -0.3 is 9.30 Å². The molecule has 0 aliphatic carbocycles. The van der Waals surface area contributed by atoms with Gasteiger partial charge in [0.25, 0.3) is 0 Å². The van der Waals surface area contributed by atoms with Crippen molar-refractivity contribution < 1.29 is 13.5 Å². The van der Waals surface area contributed by atoms with Gasteiger partial charge in [-0.25, -0.2) is 8.78 Å². The first-order valence-corrected chi connectivity index (χ1v) is 9.46. The van der Waals surface area contributed by atoms with Gasteiger partial charge in [0.15, 0.2) is 0 Å². The molecule has 0 saturated carbocycles. The normalized spacial score (nSPS) is 11.3. The molecule has 148 valence electrons. The van der Waals surface area contributed by atoms with Crippen molar-refractivity contribution >= 4 is 10.9 Å². The summed E-state index contributed by atoms with van der Waals surface area (Å²) in [4.78, 5) is 0. The Bertz CT molecular complexity index is 1330. The fourth-order valence-corrected chi connectivity index (χ4v) is 3.74. The van der Waals surface area contributed by atoms with Crippen LogP contribution in [0.2, 0.25) is 0 Å². The molecule has 3 aromatic rings. The van der Waals surface area contributed by atoms with Crippen LogP contribution in [0.3, 0.4) is 0 Å². The number of hydrogen-bond donors (Lipinski definition) is 0. The van der Waals surface area contributed by atoms with Crippen LogP contribution in [0.1, 0.15) is 5.56 Å². The second-order valence-electron chi connectivity index (χ2n) is 7.09. The summed E-state index contributed by atoms with van der Waals surface area (Å²) in [5.41, 5.74) is 4.62. The standard InChI is InChI=1S/C24H17F2N3O/c1-30-19-8-5-16(6-9-19)23-21-14-29(13-15-3-2-4-17(25)11-15)22-10-7-18(26)12-20(22)24(21)28-27-23/h2-12,14H,13H2,1H3. The number of nitrogens with zero attached hydrogens (tertiary/aromatic N) is 3. The molecule has 5 rings (SSSR count). The van der Waals surface area contributed by atoms with Crippen LogP contribution in [-0.4, -0.2) is 21.9 Å². The summed E-state index contributed by atoms with van der Waals surface area (Å²) < 4.78 is 35.0. The third-order valence-electron chi connectivity index (χ3n) is 5.17. The van der Waals surface area contributed by atoms with Gasteiger partial charge in [-0.2, -0.15) is 0 Å². The van der Waals surface area contributed by atoms with Gasteiger partial charge >= 0.3 is 0 Å². The zero-order valence-electron chi connectivity index (χ0n) is 16.1. The highest BCUT2D eigenvalue weighted by Crippen LogP contribution is 2.37. The van der Waals surface area contributed by atoms with Crippen molar-refractivity contribution in [3.8, 4) is 28.3 Å². The van der Waals surface area contributed by atoms with E-state index in [1.807, 2.05) is 41.1 Å². The number of fused-ring (bicyclic) bond motifs is 3. The minimum atomic E-state index is -0.346. The summed E-state index contributed by atoms with van der Waals surface area (Å²) >= 11 is 0. The quantitative estimate of drug-likeness (QED) is 0.397. The highest BCUT2D eigenvalue weighted by atomic mass is 19.1. The van der Waals surface area contributed by atoms with Crippen LogP contribution in [0.15, 0.2) is 72.9 Å². The van der Waals surface area contributed by atoms with Crippen molar-refractivity contribution in [1.82, 2.24) is 14.8 Å². The topological polar surface area (TPSA) is 39.9 Å². The average Bonchev–Trinajstić information content (AvgIpc) is 3.18. The zero-order valence-corrected chi connectivity index (χ0v) is 16.1. The van der Waals surface area contributed by atoms with E-state index in [0.29, 0.717) is 23.3 Å². The number of halogens is 2. The first-order chi connectivity index (χ1) is 14.6. The van der Waals surface area contributed by atoms with Crippen LogP contribution in [0.5, 0.6) is 5.75 Å². The van der Waals surface area contributed by atoms with Crippen molar-refractivity contribution in [3.63, 3.8) is 0 Å². The van der Waals surface area contributed by atoms with Crippen LogP contribution in [0.4, 0.5) is 8.78 Å². The Morgan fingerprint density at radius 3 is 2.40 bits per heavy atom. The molecular weight excluding hydrogens is 384 g/mol. The van der Waals surface area contributed by atoms with E-state index in [2.05, 4.69) is 10.2 Å². The Morgan fingerprint density at radius 1 is 0.867 bits per heavy atom. The molecule has 2 aliphatic rings. The third-order valence-corrected chi connectivity index (χ3v) is 5.17. The lowest BCUT2D eigenvalue weighted by Crippen LogP contribution is -2.04. The largest absolute Gasteiger partial charge is 0.497 e. The van der Waals surface area contributed by atoms with Gasteiger partial charge in [0.2, 0.25) is 0 Å². The van der Waals surface area contributed by atoms with Gasteiger partial charge in [0.1, 0.15) is 28.8 Å². The number of hydrogen-bond acceptors (Lipinski definition) is 3. The number of aromatic nitrogens is 3. The molecule has 0 N–H and O–H groups in total. The summed E-state index contributed by atoms with van der Waals surface area (Å²) in [6.45, 7) is 0.434. The Balaban J connectivity index is 1.71. The molecule has 3 aromatic carbocycles. The Kier molecular flexibility index (Phi) is 4.39. The molecule has 0 amide bonds. The monoisotopic (exact) mass is 401 g/mol. The second kappa shape index (κ2) is 7.22. The van der Waals surface area contributed by atoms with Gasteiger partial charge in [-0.3, -0.25) is 0 Å². The van der Waals surface area contributed by atoms with Gasteiger partial charge in [-0.05, 0) is 60.2 Å². The fraction of sp³-hybridized carbons (Fsp3) is 0.0833. The molecule has 30 heavy (non-hydrogen) atoms. The average molecular weight is 401 g/mol. The summed E-state index contributed by atoms with van der Waals surface area (Å²) in [5, 5.41) is 9.39. The minimum absolute atomic E-state index is 0.292. The Labute approximate surface area is 171 Å². The van der Waals surface area contributed by atoms with Crippen molar-refractivity contribution in [2.24, 2.45) is 0 Å². The van der Waals surface area contributed by atoms with Gasteiger partial charge in [-0.1, -0.05) is 12.1 Å². The van der Waals surface area contributed by atoms with E-state index in [9.17, 15) is 8.78 Å². The Hall–Kier alpha value is -3.80. The molecule has 6 heteroatoms. The van der Waals surface area contributed by atoms with Gasteiger partial charge in [0.05, 0.1) is 12.6 Å². The maximum atomic E-state index is 14.1. The highest BCUT2D eigenvalue weighted by Gasteiger charge is 2.20. The molecule has 0 aromatic heterocycles. The van der Waals surface area contributed by atoms with Crippen molar-refractivity contribution in [2.75, 3.05) is 7.11 Å². The van der Waals surface area contributed by atoms with Crippen molar-refractivity contribution in [3.05, 3.63) is 90.1 Å². The molecule has 0 unspecified atom stereocenters. The number of methoxy groups -OCH3 is 1. The molecule has 0 bridgehead atoms. The second-order valence-corrected chi connectivity index (χ2v) is 7.09. The van der Waals surface area contributed by atoms with Crippen molar-refractivity contribution in [2.45, 2.75) is 6.54 Å². The van der Waals surface area contributed by atoms with E-state index in [1.54, 1.807) is 19.2 Å². The molecule has 2 aliphatic heterocycles. The summed E-state index contributed by atoms with van der Waals surface area (Å²) in [7, 11) is 1.61. The fourth-order valence-electron chi connectivity index (χ4n) is 3.74. The molecule has 0 atom stereocenters. The van der Waals surface area contributed by atoms with E-state index in [0.717, 1.165) is 28.0 Å². The van der Waals surface area contributed by atoms with Gasteiger partial charge in [0, 0.05) is 29.3 Å². The number of benzene rings is 3. The lowest BCUT2D eigenvalue weighted by Gasteiger charge is -2.15. The summed E-state index contributed by atoms with van der Waals surface area (Å²) in [6.07, 6.45) is 1.94. The number of rotatable bonds is 4. The van der Waals surface area contributed by atoms with E-state index >= 15 is 0 Å². The third kappa shape index (κ3) is 3.16. The predicted octanol–water partition coefficient (Wildman–Crippen LogP) is 5.54. The van der Waals surface area contributed by atoms with E-state index in [-0.39, 0.29) is 11.6 Å². The molecule has 0 radical (unpaired) electrons. The van der Waals surface area contributed by atoms with E-state index in [4.69, 9.17) is 4.74 Å². The predicted molar refractivity (Wildman–Crippen MR) is 112 cm³/mol. The van der Waals surface area contributed by atoms with Crippen LogP contribution in [0, 0.1) is 11.6 Å². The summed E-state index contributed by atoms with van der Waals surface area (Å²) in [6, 6.07) is 18.6. The lowest BCUT2D eigenvalue weighted by molar-refractivity contribution is 0.415. The molecular formula is C24H17F2N3O.